The van der Waals surface area contributed by atoms with Gasteiger partial charge >= 0.3 is 12.0 Å². The third-order valence-corrected chi connectivity index (χ3v) is 7.98. The maximum Gasteiger partial charge on any atom is 0.323 e. The standard InChI is InChI=1S/C33H37FN2O4/c1-4-21(3)29(32(38)39)19-28(37)16-22-8-9-24-17-25(11-10-23(24)15-22)26-12-13-31(30(34)18-26)36-33(40)35-27-7-5-6-20(2)14-27/h5-7,10-14,17-18,21-22,29H,4,8-9,15-16,19H2,1-3H3,(H,38,39)(H2,35,36,40)/t21-,22?,29?/m0/s1. The molecule has 0 spiro atoms. The molecule has 1 aliphatic carbocycles. The number of anilines is 2. The molecule has 0 saturated carbocycles. The molecule has 3 N–H and O–H groups in total. The van der Waals surface area contributed by atoms with Crippen molar-refractivity contribution in [1.29, 1.82) is 0 Å². The highest BCUT2D eigenvalue weighted by molar-refractivity contribution is 6.00. The highest BCUT2D eigenvalue weighted by Gasteiger charge is 2.28. The molecule has 3 aromatic rings. The highest BCUT2D eigenvalue weighted by Crippen LogP contribution is 2.33. The van der Waals surface area contributed by atoms with Crippen LogP contribution >= 0.6 is 0 Å². The van der Waals surface area contributed by atoms with E-state index in [0.29, 0.717) is 17.7 Å². The molecule has 2 unspecified atom stereocenters. The number of hydrogen-bond acceptors (Lipinski definition) is 3. The predicted octanol–water partition coefficient (Wildman–Crippen LogP) is 7.65. The van der Waals surface area contributed by atoms with Crippen LogP contribution in [0, 0.1) is 30.5 Å². The van der Waals surface area contributed by atoms with Crippen molar-refractivity contribution in [3.63, 3.8) is 0 Å². The fraction of sp³-hybridized carbons (Fsp3) is 0.364. The first-order valence-electron chi connectivity index (χ1n) is 13.9. The van der Waals surface area contributed by atoms with Crippen molar-refractivity contribution in [1.82, 2.24) is 0 Å². The van der Waals surface area contributed by atoms with Gasteiger partial charge in [0.2, 0.25) is 0 Å². The first kappa shape index (κ1) is 29.0. The van der Waals surface area contributed by atoms with Crippen LogP contribution in [-0.4, -0.2) is 22.9 Å². The van der Waals surface area contributed by atoms with Gasteiger partial charge in [-0.3, -0.25) is 9.59 Å². The second-order valence-corrected chi connectivity index (χ2v) is 11.0. The molecule has 7 heteroatoms. The SMILES string of the molecule is CC[C@H](C)C(CC(=O)CC1CCc2cc(-c3ccc(NC(=O)Nc4cccc(C)c4)c(F)c3)ccc2C1)C(=O)O. The number of carboxylic acid groups (broad SMARTS) is 1. The van der Waals surface area contributed by atoms with E-state index < -0.39 is 23.7 Å². The monoisotopic (exact) mass is 544 g/mol. The van der Waals surface area contributed by atoms with E-state index in [-0.39, 0.29) is 29.7 Å². The van der Waals surface area contributed by atoms with Crippen LogP contribution in [0.4, 0.5) is 20.6 Å². The predicted molar refractivity (Wildman–Crippen MR) is 156 cm³/mol. The number of ketones is 1. The molecule has 3 aromatic carbocycles. The van der Waals surface area contributed by atoms with Crippen LogP contribution < -0.4 is 10.6 Å². The molecule has 0 bridgehead atoms. The van der Waals surface area contributed by atoms with Crippen molar-refractivity contribution in [2.24, 2.45) is 17.8 Å². The summed E-state index contributed by atoms with van der Waals surface area (Å²) in [5, 5.41) is 14.8. The zero-order chi connectivity index (χ0) is 28.8. The molecule has 6 nitrogen and oxygen atoms in total. The lowest BCUT2D eigenvalue weighted by molar-refractivity contribution is -0.145. The molecule has 1 aliphatic rings. The summed E-state index contributed by atoms with van der Waals surface area (Å²) in [6.07, 6.45) is 3.67. The van der Waals surface area contributed by atoms with Crippen molar-refractivity contribution in [2.75, 3.05) is 10.6 Å². The molecule has 0 saturated heterocycles. The molecular formula is C33H37FN2O4. The molecule has 3 atom stereocenters. The van der Waals surface area contributed by atoms with Crippen molar-refractivity contribution >= 4 is 29.2 Å². The minimum absolute atomic E-state index is 0.0227. The van der Waals surface area contributed by atoms with Gasteiger partial charge in [0, 0.05) is 18.5 Å². The number of aliphatic carboxylic acids is 1. The fourth-order valence-electron chi connectivity index (χ4n) is 5.45. The van der Waals surface area contributed by atoms with E-state index in [1.165, 1.54) is 17.2 Å². The van der Waals surface area contributed by atoms with E-state index >= 15 is 0 Å². The lowest BCUT2D eigenvalue weighted by Crippen LogP contribution is -2.26. The number of amides is 2. The Kier molecular flexibility index (Phi) is 9.35. The van der Waals surface area contributed by atoms with Gasteiger partial charge in [-0.2, -0.15) is 0 Å². The van der Waals surface area contributed by atoms with E-state index in [4.69, 9.17) is 0 Å². The Bertz CT molecular complexity index is 1400. The van der Waals surface area contributed by atoms with Gasteiger partial charge in [0.1, 0.15) is 11.6 Å². The number of carbonyl (C=O) groups is 3. The summed E-state index contributed by atoms with van der Waals surface area (Å²) < 4.78 is 14.9. The quantitative estimate of drug-likeness (QED) is 0.244. The molecule has 2 amide bonds. The number of carbonyl (C=O) groups excluding carboxylic acids is 2. The van der Waals surface area contributed by atoms with Gasteiger partial charge in [-0.1, -0.05) is 56.7 Å². The first-order chi connectivity index (χ1) is 19.1. The first-order valence-corrected chi connectivity index (χ1v) is 13.9. The summed E-state index contributed by atoms with van der Waals surface area (Å²) in [4.78, 5) is 36.7. The van der Waals surface area contributed by atoms with E-state index in [0.717, 1.165) is 36.8 Å². The molecule has 0 aliphatic heterocycles. The van der Waals surface area contributed by atoms with Crippen molar-refractivity contribution < 1.29 is 23.9 Å². The molecule has 0 fully saturated rings. The zero-order valence-electron chi connectivity index (χ0n) is 23.3. The third-order valence-electron chi connectivity index (χ3n) is 7.98. The molecular weight excluding hydrogens is 507 g/mol. The average Bonchev–Trinajstić information content (AvgIpc) is 2.92. The number of fused-ring (bicyclic) bond motifs is 1. The maximum absolute atomic E-state index is 14.9. The summed E-state index contributed by atoms with van der Waals surface area (Å²) in [5.41, 5.74) is 5.70. The van der Waals surface area contributed by atoms with Crippen LogP contribution in [0.25, 0.3) is 11.1 Å². The van der Waals surface area contributed by atoms with Crippen LogP contribution in [0.5, 0.6) is 0 Å². The molecule has 40 heavy (non-hydrogen) atoms. The normalized spacial score (nSPS) is 15.9. The van der Waals surface area contributed by atoms with Crippen LogP contribution in [0.1, 0.15) is 56.2 Å². The number of rotatable bonds is 10. The third kappa shape index (κ3) is 7.34. The number of urea groups is 1. The summed E-state index contributed by atoms with van der Waals surface area (Å²) in [5.74, 6) is -1.85. The van der Waals surface area contributed by atoms with E-state index in [9.17, 15) is 23.9 Å². The number of Topliss-reactive ketones (excluding diaryl/α,β-unsaturated/α-hetero) is 1. The van der Waals surface area contributed by atoms with Crippen molar-refractivity contribution in [3.8, 4) is 11.1 Å². The number of hydrogen-bond donors (Lipinski definition) is 3. The van der Waals surface area contributed by atoms with Crippen molar-refractivity contribution in [3.05, 3.63) is 83.2 Å². The Morgan fingerprint density at radius 3 is 2.45 bits per heavy atom. The second kappa shape index (κ2) is 12.9. The van der Waals surface area contributed by atoms with Gasteiger partial charge in [0.15, 0.2) is 0 Å². The van der Waals surface area contributed by atoms with E-state index in [1.807, 2.05) is 51.1 Å². The van der Waals surface area contributed by atoms with Crippen LogP contribution in [0.2, 0.25) is 0 Å². The molecule has 0 heterocycles. The average molecular weight is 545 g/mol. The Morgan fingerprint density at radius 1 is 1.00 bits per heavy atom. The molecule has 4 rings (SSSR count). The van der Waals surface area contributed by atoms with Gasteiger partial charge < -0.3 is 15.7 Å². The zero-order valence-corrected chi connectivity index (χ0v) is 23.3. The van der Waals surface area contributed by atoms with Gasteiger partial charge in [0.05, 0.1) is 11.6 Å². The molecule has 210 valence electrons. The van der Waals surface area contributed by atoms with Gasteiger partial charge in [-0.15, -0.1) is 0 Å². The summed E-state index contributed by atoms with van der Waals surface area (Å²) in [6.45, 7) is 5.76. The highest BCUT2D eigenvalue weighted by atomic mass is 19.1. The Balaban J connectivity index is 1.37. The van der Waals surface area contributed by atoms with Gasteiger partial charge in [-0.25, -0.2) is 9.18 Å². The van der Waals surface area contributed by atoms with E-state index in [2.05, 4.69) is 16.7 Å². The number of carboxylic acids is 1. The largest absolute Gasteiger partial charge is 0.481 e. The summed E-state index contributed by atoms with van der Waals surface area (Å²) in [7, 11) is 0. The van der Waals surface area contributed by atoms with Crippen molar-refractivity contribution in [2.45, 2.75) is 59.3 Å². The Hall–Kier alpha value is -4.00. The summed E-state index contributed by atoms with van der Waals surface area (Å²) >= 11 is 0. The smallest absolute Gasteiger partial charge is 0.323 e. The lowest BCUT2D eigenvalue weighted by Gasteiger charge is -2.26. The van der Waals surface area contributed by atoms with Gasteiger partial charge in [0.25, 0.3) is 0 Å². The van der Waals surface area contributed by atoms with E-state index in [1.54, 1.807) is 18.2 Å². The minimum Gasteiger partial charge on any atom is -0.481 e. The maximum atomic E-state index is 14.9. The number of benzene rings is 3. The molecule has 0 radical (unpaired) electrons. The van der Waals surface area contributed by atoms with Crippen LogP contribution in [-0.2, 0) is 22.4 Å². The molecule has 0 aromatic heterocycles. The van der Waals surface area contributed by atoms with Crippen LogP contribution in [0.3, 0.4) is 0 Å². The fourth-order valence-corrected chi connectivity index (χ4v) is 5.45. The topological polar surface area (TPSA) is 95.5 Å². The Morgan fingerprint density at radius 2 is 1.75 bits per heavy atom. The Labute approximate surface area is 235 Å². The second-order valence-electron chi connectivity index (χ2n) is 11.0. The summed E-state index contributed by atoms with van der Waals surface area (Å²) in [6, 6.07) is 17.7. The number of halogens is 1. The van der Waals surface area contributed by atoms with Crippen LogP contribution in [0.15, 0.2) is 60.7 Å². The number of aryl methyl sites for hydroxylation is 2. The lowest BCUT2D eigenvalue weighted by atomic mass is 9.79. The minimum atomic E-state index is -0.894. The van der Waals surface area contributed by atoms with Gasteiger partial charge in [-0.05, 0) is 90.1 Å². The number of nitrogens with one attached hydrogen (secondary N) is 2.